The van der Waals surface area contributed by atoms with Gasteiger partial charge in [0, 0.05) is 4.47 Å². The van der Waals surface area contributed by atoms with Crippen molar-refractivity contribution in [3.05, 3.63) is 70.2 Å². The third-order valence-corrected chi connectivity index (χ3v) is 3.93. The molecule has 3 heteroatoms. The molecule has 0 saturated heterocycles. The molecular weight excluding hydrogens is 304 g/mol. The maximum absolute atomic E-state index is 11.4. The van der Waals surface area contributed by atoms with Crippen molar-refractivity contribution in [2.24, 2.45) is 0 Å². The van der Waals surface area contributed by atoms with E-state index in [0.29, 0.717) is 6.42 Å². The van der Waals surface area contributed by atoms with Crippen molar-refractivity contribution in [3.63, 3.8) is 0 Å². The minimum atomic E-state index is -0.766. The van der Waals surface area contributed by atoms with E-state index in [1.165, 1.54) is 0 Å². The highest BCUT2D eigenvalue weighted by Crippen LogP contribution is 2.24. The van der Waals surface area contributed by atoms with Gasteiger partial charge in [-0.3, -0.25) is 4.79 Å². The third kappa shape index (κ3) is 3.67. The number of aliphatic carboxylic acids is 1. The maximum Gasteiger partial charge on any atom is 0.310 e. The molecule has 0 amide bonds. The number of hydrogen-bond acceptors (Lipinski definition) is 1. The zero-order chi connectivity index (χ0) is 13.7. The lowest BCUT2D eigenvalue weighted by Gasteiger charge is -2.13. The third-order valence-electron chi connectivity index (χ3n) is 3.16. The van der Waals surface area contributed by atoms with Gasteiger partial charge in [-0.2, -0.15) is 0 Å². The van der Waals surface area contributed by atoms with Crippen LogP contribution in [-0.2, 0) is 11.2 Å². The standard InChI is InChI=1S/C16H15BrO2/c17-15-9-5-4-8-13(15)10-11-14(16(18)19)12-6-2-1-3-7-12/h1-9,14H,10-11H2,(H,18,19). The topological polar surface area (TPSA) is 37.3 Å². The summed E-state index contributed by atoms with van der Waals surface area (Å²) in [6, 6.07) is 17.3. The summed E-state index contributed by atoms with van der Waals surface area (Å²) in [6.07, 6.45) is 1.34. The van der Waals surface area contributed by atoms with Crippen molar-refractivity contribution in [1.82, 2.24) is 0 Å². The van der Waals surface area contributed by atoms with Crippen LogP contribution in [0.5, 0.6) is 0 Å². The highest BCUT2D eigenvalue weighted by atomic mass is 79.9. The molecule has 0 aliphatic carbocycles. The molecule has 0 saturated carbocycles. The van der Waals surface area contributed by atoms with Gasteiger partial charge >= 0.3 is 5.97 Å². The first-order chi connectivity index (χ1) is 9.18. The lowest BCUT2D eigenvalue weighted by Crippen LogP contribution is -2.12. The smallest absolute Gasteiger partial charge is 0.310 e. The Kier molecular flexibility index (Phi) is 4.74. The van der Waals surface area contributed by atoms with E-state index in [2.05, 4.69) is 15.9 Å². The van der Waals surface area contributed by atoms with E-state index in [0.717, 1.165) is 22.0 Å². The number of halogens is 1. The molecule has 19 heavy (non-hydrogen) atoms. The van der Waals surface area contributed by atoms with Crippen LogP contribution in [0.3, 0.4) is 0 Å². The van der Waals surface area contributed by atoms with Crippen molar-refractivity contribution in [2.45, 2.75) is 18.8 Å². The monoisotopic (exact) mass is 318 g/mol. The van der Waals surface area contributed by atoms with Crippen molar-refractivity contribution in [1.29, 1.82) is 0 Å². The summed E-state index contributed by atoms with van der Waals surface area (Å²) in [5.74, 6) is -1.22. The summed E-state index contributed by atoms with van der Waals surface area (Å²) < 4.78 is 1.03. The molecule has 0 spiro atoms. The molecule has 0 radical (unpaired) electrons. The summed E-state index contributed by atoms with van der Waals surface area (Å²) in [5.41, 5.74) is 2.01. The molecule has 1 N–H and O–H groups in total. The molecule has 0 aliphatic heterocycles. The number of carboxylic acids is 1. The van der Waals surface area contributed by atoms with Crippen molar-refractivity contribution >= 4 is 21.9 Å². The summed E-state index contributed by atoms with van der Waals surface area (Å²) in [6.45, 7) is 0. The summed E-state index contributed by atoms with van der Waals surface area (Å²) in [4.78, 5) is 11.4. The Morgan fingerprint density at radius 2 is 1.68 bits per heavy atom. The predicted octanol–water partition coefficient (Wildman–Crippen LogP) is 4.25. The molecule has 0 fully saturated rings. The minimum absolute atomic E-state index is 0.451. The van der Waals surface area contributed by atoms with Crippen LogP contribution in [0.25, 0.3) is 0 Å². The lowest BCUT2D eigenvalue weighted by molar-refractivity contribution is -0.138. The highest BCUT2D eigenvalue weighted by Gasteiger charge is 2.19. The average Bonchev–Trinajstić information content (AvgIpc) is 2.42. The Bertz CT molecular complexity index is 552. The fourth-order valence-corrected chi connectivity index (χ4v) is 2.60. The van der Waals surface area contributed by atoms with Crippen LogP contribution in [0.4, 0.5) is 0 Å². The molecule has 0 aromatic heterocycles. The normalized spacial score (nSPS) is 12.1. The number of carbonyl (C=O) groups is 1. The van der Waals surface area contributed by atoms with Crippen LogP contribution < -0.4 is 0 Å². The van der Waals surface area contributed by atoms with E-state index in [4.69, 9.17) is 0 Å². The van der Waals surface area contributed by atoms with Crippen LogP contribution in [0.2, 0.25) is 0 Å². The molecular formula is C16H15BrO2. The second kappa shape index (κ2) is 6.53. The van der Waals surface area contributed by atoms with Crippen LogP contribution in [0.1, 0.15) is 23.5 Å². The lowest BCUT2D eigenvalue weighted by atomic mass is 9.92. The van der Waals surface area contributed by atoms with Crippen molar-refractivity contribution in [2.75, 3.05) is 0 Å². The molecule has 0 aliphatic rings. The predicted molar refractivity (Wildman–Crippen MR) is 79.3 cm³/mol. The van der Waals surface area contributed by atoms with E-state index in [-0.39, 0.29) is 0 Å². The van der Waals surface area contributed by atoms with Gasteiger partial charge in [0.15, 0.2) is 0 Å². The Labute approximate surface area is 121 Å². The fraction of sp³-hybridized carbons (Fsp3) is 0.188. The van der Waals surface area contributed by atoms with Crippen LogP contribution in [0.15, 0.2) is 59.1 Å². The highest BCUT2D eigenvalue weighted by molar-refractivity contribution is 9.10. The molecule has 2 aromatic rings. The average molecular weight is 319 g/mol. The van der Waals surface area contributed by atoms with Gasteiger partial charge in [0.2, 0.25) is 0 Å². The molecule has 2 aromatic carbocycles. The van der Waals surface area contributed by atoms with E-state index < -0.39 is 11.9 Å². The number of benzene rings is 2. The van der Waals surface area contributed by atoms with Crippen LogP contribution in [0, 0.1) is 0 Å². The van der Waals surface area contributed by atoms with Crippen LogP contribution >= 0.6 is 15.9 Å². The van der Waals surface area contributed by atoms with E-state index >= 15 is 0 Å². The van der Waals surface area contributed by atoms with E-state index in [9.17, 15) is 9.90 Å². The Morgan fingerprint density at radius 1 is 1.05 bits per heavy atom. The maximum atomic E-state index is 11.4. The van der Waals surface area contributed by atoms with Crippen molar-refractivity contribution in [3.8, 4) is 0 Å². The summed E-state index contributed by atoms with van der Waals surface area (Å²) in [7, 11) is 0. The summed E-state index contributed by atoms with van der Waals surface area (Å²) in [5, 5.41) is 9.36. The quantitative estimate of drug-likeness (QED) is 0.894. The van der Waals surface area contributed by atoms with Gasteiger partial charge in [0.05, 0.1) is 5.92 Å². The number of carboxylic acid groups (broad SMARTS) is 1. The molecule has 2 rings (SSSR count). The van der Waals surface area contributed by atoms with E-state index in [1.54, 1.807) is 0 Å². The van der Waals surface area contributed by atoms with Gasteiger partial charge in [-0.25, -0.2) is 0 Å². The second-order valence-corrected chi connectivity index (χ2v) is 5.29. The molecule has 98 valence electrons. The first-order valence-electron chi connectivity index (χ1n) is 6.19. The van der Waals surface area contributed by atoms with Gasteiger partial charge in [-0.05, 0) is 30.0 Å². The Morgan fingerprint density at radius 3 is 2.32 bits per heavy atom. The van der Waals surface area contributed by atoms with Gasteiger partial charge in [-0.1, -0.05) is 64.5 Å². The van der Waals surface area contributed by atoms with Gasteiger partial charge in [-0.15, -0.1) is 0 Å². The first-order valence-corrected chi connectivity index (χ1v) is 6.99. The number of rotatable bonds is 5. The van der Waals surface area contributed by atoms with E-state index in [1.807, 2.05) is 54.6 Å². The van der Waals surface area contributed by atoms with Crippen LogP contribution in [-0.4, -0.2) is 11.1 Å². The van der Waals surface area contributed by atoms with Gasteiger partial charge in [0.25, 0.3) is 0 Å². The second-order valence-electron chi connectivity index (χ2n) is 4.43. The first kappa shape index (κ1) is 13.8. The minimum Gasteiger partial charge on any atom is -0.481 e. The van der Waals surface area contributed by atoms with Gasteiger partial charge in [0.1, 0.15) is 0 Å². The SMILES string of the molecule is O=C(O)C(CCc1ccccc1Br)c1ccccc1. The molecule has 0 heterocycles. The van der Waals surface area contributed by atoms with Crippen molar-refractivity contribution < 1.29 is 9.90 Å². The Hall–Kier alpha value is -1.61. The fourth-order valence-electron chi connectivity index (χ4n) is 2.12. The Balaban J connectivity index is 2.11. The zero-order valence-corrected chi connectivity index (χ0v) is 12.0. The number of hydrogen-bond donors (Lipinski definition) is 1. The molecule has 0 bridgehead atoms. The largest absolute Gasteiger partial charge is 0.481 e. The van der Waals surface area contributed by atoms with Gasteiger partial charge < -0.3 is 5.11 Å². The zero-order valence-electron chi connectivity index (χ0n) is 10.4. The molecule has 2 nitrogen and oxygen atoms in total. The molecule has 1 atom stereocenters. The summed E-state index contributed by atoms with van der Waals surface area (Å²) >= 11 is 3.49. The number of aryl methyl sites for hydroxylation is 1. The molecule has 1 unspecified atom stereocenters.